The molecule has 0 aliphatic carbocycles. The Labute approximate surface area is 400 Å². The number of fused-ring (bicyclic) bond motifs is 7. The Hall–Kier alpha value is -4.04. The largest absolute Gasteiger partial charge is 3.00 e. The van der Waals surface area contributed by atoms with E-state index in [1.807, 2.05) is 39.8 Å². The van der Waals surface area contributed by atoms with Gasteiger partial charge in [0.25, 0.3) is 5.91 Å². The zero-order valence-electron chi connectivity index (χ0n) is 35.2. The molecule has 20 heteroatoms. The number of aliphatic carboxylic acids is 2. The number of carboxylic acid groups (broad SMARTS) is 2. The van der Waals surface area contributed by atoms with E-state index in [2.05, 4.69) is 24.1 Å². The normalized spacial score (nSPS) is 12.2. The van der Waals surface area contributed by atoms with E-state index >= 15 is 0 Å². The maximum absolute atomic E-state index is 12.8. The molecule has 6 bridgehead atoms. The second kappa shape index (κ2) is 25.8. The van der Waals surface area contributed by atoms with Crippen molar-refractivity contribution in [3.8, 4) is 11.5 Å². The van der Waals surface area contributed by atoms with E-state index in [4.69, 9.17) is 48.7 Å². The van der Waals surface area contributed by atoms with Crippen LogP contribution in [-0.4, -0.2) is 112 Å². The van der Waals surface area contributed by atoms with Crippen molar-refractivity contribution in [2.24, 2.45) is 0 Å². The maximum Gasteiger partial charge on any atom is 3.00 e. The Balaban J connectivity index is 0.00000465. The van der Waals surface area contributed by atoms with Crippen LogP contribution in [0, 0.1) is 53.8 Å². The molecule has 1 aromatic carbocycles. The van der Waals surface area contributed by atoms with Crippen LogP contribution in [0.5, 0.6) is 11.5 Å². The molecule has 331 valence electrons. The van der Waals surface area contributed by atoms with E-state index in [0.717, 1.165) is 61.5 Å². The Morgan fingerprint density at radius 2 is 1.16 bits per heavy atom. The van der Waals surface area contributed by atoms with Crippen molar-refractivity contribution in [1.82, 2.24) is 42.5 Å². The van der Waals surface area contributed by atoms with Gasteiger partial charge in [-0.15, -0.1) is 0 Å². The van der Waals surface area contributed by atoms with Crippen LogP contribution in [0.4, 0.5) is 0 Å². The molecule has 61 heavy (non-hydrogen) atoms. The average Bonchev–Trinajstić information content (AvgIpc) is 3.71. The second-order valence-corrected chi connectivity index (χ2v) is 13.5. The van der Waals surface area contributed by atoms with E-state index in [0.29, 0.717) is 43.2 Å². The third kappa shape index (κ3) is 14.5. The fourth-order valence-electron chi connectivity index (χ4n) is 5.85. The number of hydrogen-bond acceptors (Lipinski definition) is 14. The number of benzene rings is 1. The van der Waals surface area contributed by atoms with Gasteiger partial charge in [0.05, 0.1) is 91.2 Å². The standard InChI is InChI=1S/C41H48N6O10.Gd.2H3N.Pt/c1-22-23(2)29-15-31-25(4)27(6)36(46-31)20-43-33-17-38(57-21-39(48)47-34(41(51)52)18-40(49)50)37(56-13-12-55-11-10-54-9-8-53-7)16-32(33)42-19-35-26(5)24(3)30(45-35)14-28(22)44-29;;;;/h14-17,19-20,34,46H,8-13,18,21H2,1-7H3,(H,47,48)(H,49,50)(H,51,52);;2*1H3;/q;+3;;;+2. The summed E-state index contributed by atoms with van der Waals surface area (Å²) in [6, 6.07) is 5.55. The van der Waals surface area contributed by atoms with Gasteiger partial charge >= 0.3 is 72.9 Å². The number of H-pyrrole nitrogens is 1. The summed E-state index contributed by atoms with van der Waals surface area (Å²) >= 11 is 0. The van der Waals surface area contributed by atoms with Gasteiger partial charge in [0.1, 0.15) is 12.6 Å². The van der Waals surface area contributed by atoms with Gasteiger partial charge in [-0.2, -0.15) is 0 Å². The van der Waals surface area contributed by atoms with Gasteiger partial charge in [-0.1, -0.05) is 0 Å². The molecule has 1 atom stereocenters. The monoisotopic (exact) mass is 1170 g/mol. The Bertz CT molecular complexity index is 2320. The summed E-state index contributed by atoms with van der Waals surface area (Å²) in [6.07, 6.45) is 2.53. The zero-order valence-corrected chi connectivity index (χ0v) is 39.8. The van der Waals surface area contributed by atoms with E-state index in [9.17, 15) is 19.5 Å². The number of ether oxygens (including phenoxy) is 5. The predicted molar refractivity (Wildman–Crippen MR) is 223 cm³/mol. The van der Waals surface area contributed by atoms with Crippen molar-refractivity contribution in [3.05, 3.63) is 70.6 Å². The molecule has 0 saturated carbocycles. The van der Waals surface area contributed by atoms with Crippen LogP contribution in [0.2, 0.25) is 0 Å². The van der Waals surface area contributed by atoms with Gasteiger partial charge in [0, 0.05) is 24.8 Å². The van der Waals surface area contributed by atoms with Crippen molar-refractivity contribution in [2.45, 2.75) is 54.0 Å². The third-order valence-electron chi connectivity index (χ3n) is 9.70. The molecule has 3 aromatic rings. The van der Waals surface area contributed by atoms with Crippen molar-refractivity contribution in [3.63, 3.8) is 0 Å². The average molecular weight is 1170 g/mol. The van der Waals surface area contributed by atoms with Gasteiger partial charge < -0.3 is 56.5 Å². The van der Waals surface area contributed by atoms with E-state index in [1.54, 1.807) is 31.6 Å². The number of aromatic nitrogens is 5. The van der Waals surface area contributed by atoms with Gasteiger partial charge in [0.15, 0.2) is 18.1 Å². The number of methoxy groups -OCH3 is 1. The number of aryl methyl sites for hydroxylation is 2. The number of carbonyl (C=O) groups is 3. The smallest absolute Gasteiger partial charge is 0.487 e. The quantitative estimate of drug-likeness (QED) is 0.0889. The number of hydrogen-bond donors (Lipinski definition) is 6. The summed E-state index contributed by atoms with van der Waals surface area (Å²) in [4.78, 5) is 58.6. The molecule has 2 aromatic heterocycles. The minimum absolute atomic E-state index is 0. The van der Waals surface area contributed by atoms with Crippen molar-refractivity contribution in [1.29, 1.82) is 0 Å². The molecule has 2 aliphatic rings. The summed E-state index contributed by atoms with van der Waals surface area (Å²) in [5.74, 6) is -3.43. The molecule has 10 N–H and O–H groups in total. The predicted octanol–water partition coefficient (Wildman–Crippen LogP) is 5.66. The van der Waals surface area contributed by atoms with Gasteiger partial charge in [-0.05, 0) is 87.1 Å². The molecular weight excluding hydrogens is 1120 g/mol. The SMILES string of the molecule is COCCOCCOCCOc1cc2ncc3nc(cc4nc(cc5[nH]c(cnc2cc1OCC(=O)NC(CC(=O)O)C(=O)O)c(C)c5C)C(C)=C4C)C(C)=C3C.N.N.[Gd+3].[Pt+2]. The Morgan fingerprint density at radius 3 is 1.74 bits per heavy atom. The zero-order chi connectivity index (χ0) is 41.2. The molecule has 4 heterocycles. The Morgan fingerprint density at radius 1 is 0.672 bits per heavy atom. The van der Waals surface area contributed by atoms with E-state index in [-0.39, 0.29) is 98.0 Å². The fraction of sp³-hybridized carbons (Fsp3) is 0.390. The maximum atomic E-state index is 12.8. The first kappa shape index (κ1) is 55.0. The molecule has 1 radical (unpaired) electrons. The van der Waals surface area contributed by atoms with Gasteiger partial charge in [-0.25, -0.2) is 14.8 Å². The minimum Gasteiger partial charge on any atom is -0.487 e. The number of nitrogens with zero attached hydrogens (tertiary/aromatic N) is 4. The first-order chi connectivity index (χ1) is 27.3. The fourth-order valence-corrected chi connectivity index (χ4v) is 5.85. The van der Waals surface area contributed by atoms with Crippen LogP contribution in [0.25, 0.3) is 44.4 Å². The van der Waals surface area contributed by atoms with Gasteiger partial charge in [0.2, 0.25) is 0 Å². The number of nitrogens with one attached hydrogen (secondary N) is 2. The number of rotatable bonds is 17. The van der Waals surface area contributed by atoms with Crippen LogP contribution >= 0.6 is 0 Å². The topological polar surface area (TPSA) is 287 Å². The molecule has 18 nitrogen and oxygen atoms in total. The van der Waals surface area contributed by atoms with Crippen LogP contribution in [0.1, 0.15) is 68.0 Å². The summed E-state index contributed by atoms with van der Waals surface area (Å²) in [7, 11) is 1.59. The summed E-state index contributed by atoms with van der Waals surface area (Å²) < 4.78 is 28.0. The molecule has 2 aliphatic heterocycles. The minimum atomic E-state index is -1.65. The molecule has 5 rings (SSSR count). The summed E-state index contributed by atoms with van der Waals surface area (Å²) in [5.41, 5.74) is 11.6. The molecular formula is C41H54GdN8O10Pt+5. The number of amides is 1. The van der Waals surface area contributed by atoms with Crippen molar-refractivity contribution >= 4 is 62.2 Å². The van der Waals surface area contributed by atoms with Crippen LogP contribution in [0.3, 0.4) is 0 Å². The molecule has 0 spiro atoms. The van der Waals surface area contributed by atoms with E-state index < -0.39 is 36.9 Å². The van der Waals surface area contributed by atoms with Crippen LogP contribution in [-0.2, 0) is 49.7 Å². The second-order valence-electron chi connectivity index (χ2n) is 13.5. The van der Waals surface area contributed by atoms with Gasteiger partial charge in [-0.3, -0.25) is 19.6 Å². The van der Waals surface area contributed by atoms with Crippen molar-refractivity contribution in [2.75, 3.05) is 53.4 Å². The van der Waals surface area contributed by atoms with Crippen LogP contribution in [0.15, 0.2) is 36.7 Å². The molecule has 0 fully saturated rings. The number of allylic oxidation sites excluding steroid dienone is 4. The first-order valence-electron chi connectivity index (χ1n) is 18.3. The van der Waals surface area contributed by atoms with E-state index in [1.165, 1.54) is 0 Å². The Kier molecular flexibility index (Phi) is 23.2. The molecule has 0 saturated heterocycles. The number of carbonyl (C=O) groups excluding carboxylic acids is 1. The third-order valence-corrected chi connectivity index (χ3v) is 9.70. The molecule has 1 amide bonds. The first-order valence-corrected chi connectivity index (χ1v) is 18.3. The summed E-state index contributed by atoms with van der Waals surface area (Å²) in [5, 5.41) is 20.7. The van der Waals surface area contributed by atoms with Crippen molar-refractivity contribution < 1.29 is 109 Å². The number of carboxylic acids is 2. The van der Waals surface area contributed by atoms with Crippen LogP contribution < -0.4 is 27.1 Å². The number of aromatic amines is 1. The molecule has 1 unspecified atom stereocenters. The summed E-state index contributed by atoms with van der Waals surface area (Å²) in [6.45, 7) is 13.4.